The van der Waals surface area contributed by atoms with Crippen LogP contribution < -0.4 is 5.73 Å². The average Bonchev–Trinajstić information content (AvgIpc) is 2.80. The van der Waals surface area contributed by atoms with E-state index in [1.165, 1.54) is 0 Å². The van der Waals surface area contributed by atoms with Crippen LogP contribution in [0.5, 0.6) is 0 Å². The highest BCUT2D eigenvalue weighted by Crippen LogP contribution is 2.36. The van der Waals surface area contributed by atoms with Crippen LogP contribution in [0, 0.1) is 5.92 Å². The summed E-state index contributed by atoms with van der Waals surface area (Å²) >= 11 is 0. The Morgan fingerprint density at radius 1 is 1.03 bits per heavy atom. The predicted molar refractivity (Wildman–Crippen MR) is 123 cm³/mol. The van der Waals surface area contributed by atoms with Gasteiger partial charge >= 0.3 is 0 Å². The minimum absolute atomic E-state index is 0.0641. The van der Waals surface area contributed by atoms with E-state index < -0.39 is 0 Å². The maximum absolute atomic E-state index is 13.8. The number of hydrogen-bond acceptors (Lipinski definition) is 4. The van der Waals surface area contributed by atoms with E-state index in [4.69, 9.17) is 15.3 Å². The molecule has 3 rings (SSSR count). The normalized spacial score (nSPS) is 16.7. The van der Waals surface area contributed by atoms with E-state index in [0.717, 1.165) is 16.7 Å². The van der Waals surface area contributed by atoms with Gasteiger partial charge in [0.2, 0.25) is 5.96 Å². The van der Waals surface area contributed by atoms with Gasteiger partial charge < -0.3 is 20.2 Å². The Hall–Kier alpha value is -3.54. The van der Waals surface area contributed by atoms with Gasteiger partial charge in [-0.25, -0.2) is 0 Å². The van der Waals surface area contributed by atoms with Crippen LogP contribution in [-0.2, 0) is 20.8 Å². The molecule has 1 unspecified atom stereocenters. The van der Waals surface area contributed by atoms with Gasteiger partial charge in [-0.05, 0) is 48.2 Å². The van der Waals surface area contributed by atoms with Gasteiger partial charge in [-0.2, -0.15) is 0 Å². The molecule has 162 valence electrons. The van der Waals surface area contributed by atoms with Crippen LogP contribution in [0.15, 0.2) is 83.4 Å². The lowest BCUT2D eigenvalue weighted by Gasteiger charge is -2.31. The van der Waals surface area contributed by atoms with Crippen molar-refractivity contribution in [1.82, 2.24) is 4.90 Å². The number of nitrogens with zero attached hydrogens (tertiary/aromatic N) is 2. The molecule has 0 heterocycles. The number of hydrogen-bond donors (Lipinski definition) is 1. The topological polar surface area (TPSA) is 77.2 Å². The average molecular weight is 420 g/mol. The van der Waals surface area contributed by atoms with E-state index in [2.05, 4.69) is 5.16 Å². The van der Waals surface area contributed by atoms with E-state index in [9.17, 15) is 4.79 Å². The summed E-state index contributed by atoms with van der Waals surface area (Å²) in [4.78, 5) is 20.5. The number of likely N-dealkylation sites (N-methyl/N-ethyl adjacent to an activating group) is 1. The molecule has 0 aromatic heterocycles. The number of ketones is 1. The van der Waals surface area contributed by atoms with Gasteiger partial charge in [0.25, 0.3) is 0 Å². The fraction of sp³-hybridized carbons (Fsp3) is 0.280. The number of nitrogens with two attached hydrogens (primary N) is 1. The largest absolute Gasteiger partial charge is 0.492 e. The zero-order valence-corrected chi connectivity index (χ0v) is 18.2. The lowest BCUT2D eigenvalue weighted by Crippen LogP contribution is -2.40. The Balaban J connectivity index is 2.11. The molecular weight excluding hydrogens is 390 g/mol. The Labute approximate surface area is 183 Å². The Bertz CT molecular complexity index is 982. The molecule has 1 aliphatic carbocycles. The first-order chi connectivity index (χ1) is 15.1. The van der Waals surface area contributed by atoms with Gasteiger partial charge in [0.1, 0.15) is 18.1 Å². The van der Waals surface area contributed by atoms with Crippen LogP contribution in [0.1, 0.15) is 25.0 Å². The number of benzene rings is 2. The number of rotatable bonds is 8. The van der Waals surface area contributed by atoms with Crippen molar-refractivity contribution in [3.63, 3.8) is 0 Å². The summed E-state index contributed by atoms with van der Waals surface area (Å²) in [5, 5.41) is 3.89. The Morgan fingerprint density at radius 3 is 2.29 bits per heavy atom. The van der Waals surface area contributed by atoms with Gasteiger partial charge in [0.15, 0.2) is 5.78 Å². The van der Waals surface area contributed by atoms with Crippen LogP contribution in [0.3, 0.4) is 0 Å². The van der Waals surface area contributed by atoms with Crippen molar-refractivity contribution in [2.24, 2.45) is 16.8 Å². The van der Waals surface area contributed by atoms with Crippen molar-refractivity contribution in [3.8, 4) is 0 Å². The number of oxime groups is 1. The first-order valence-corrected chi connectivity index (χ1v) is 10.5. The smallest absolute Gasteiger partial charge is 0.237 e. The fourth-order valence-corrected chi connectivity index (χ4v) is 3.61. The second-order valence-corrected chi connectivity index (χ2v) is 7.14. The first kappa shape index (κ1) is 22.2. The van der Waals surface area contributed by atoms with Crippen molar-refractivity contribution in [2.75, 3.05) is 20.3 Å². The second kappa shape index (κ2) is 10.5. The molecule has 1 atom stereocenters. The molecule has 0 bridgehead atoms. The van der Waals surface area contributed by atoms with Crippen molar-refractivity contribution in [3.05, 3.63) is 89.3 Å². The molecule has 0 radical (unpaired) electrons. The molecule has 1 aliphatic rings. The van der Waals surface area contributed by atoms with Crippen molar-refractivity contribution in [2.45, 2.75) is 20.3 Å². The van der Waals surface area contributed by atoms with Crippen LogP contribution >= 0.6 is 0 Å². The number of ether oxygens (including phenoxy) is 1. The third kappa shape index (κ3) is 5.15. The van der Waals surface area contributed by atoms with Gasteiger partial charge in [-0.15, -0.1) is 0 Å². The van der Waals surface area contributed by atoms with E-state index in [1.54, 1.807) is 11.9 Å². The maximum Gasteiger partial charge on any atom is 0.237 e. The first-order valence-electron chi connectivity index (χ1n) is 10.5. The minimum Gasteiger partial charge on any atom is -0.492 e. The summed E-state index contributed by atoms with van der Waals surface area (Å²) in [5.74, 6) is 0.127. The molecule has 0 fully saturated rings. The summed E-state index contributed by atoms with van der Waals surface area (Å²) in [6.07, 6.45) is 2.52. The maximum atomic E-state index is 13.8. The number of carbonyl (C=O) groups is 1. The molecule has 0 amide bonds. The highest BCUT2D eigenvalue weighted by molar-refractivity contribution is 6.09. The lowest BCUT2D eigenvalue weighted by atomic mass is 9.79. The highest BCUT2D eigenvalue weighted by Gasteiger charge is 2.36. The van der Waals surface area contributed by atoms with E-state index in [0.29, 0.717) is 31.1 Å². The highest BCUT2D eigenvalue weighted by atomic mass is 16.6. The SMILES string of the molecule is CCON=C(N)N(C)C1=C(OCC)C=C(c2ccccc2)C(Cc2ccccc2)C1=O. The molecule has 31 heavy (non-hydrogen) atoms. The molecule has 0 spiro atoms. The minimum atomic E-state index is -0.383. The van der Waals surface area contributed by atoms with Gasteiger partial charge in [-0.1, -0.05) is 60.7 Å². The summed E-state index contributed by atoms with van der Waals surface area (Å²) in [6, 6.07) is 19.9. The van der Waals surface area contributed by atoms with E-state index in [1.807, 2.05) is 80.6 Å². The third-order valence-electron chi connectivity index (χ3n) is 5.10. The molecule has 6 nitrogen and oxygen atoms in total. The quantitative estimate of drug-likeness (QED) is 0.398. The molecule has 2 aromatic carbocycles. The van der Waals surface area contributed by atoms with Crippen molar-refractivity contribution in [1.29, 1.82) is 0 Å². The number of carbonyl (C=O) groups excluding carboxylic acids is 1. The Morgan fingerprint density at radius 2 is 1.68 bits per heavy atom. The van der Waals surface area contributed by atoms with E-state index >= 15 is 0 Å². The van der Waals surface area contributed by atoms with Crippen molar-refractivity contribution >= 4 is 17.3 Å². The number of Topliss-reactive ketones (excluding diaryl/α,β-unsaturated/α-hetero) is 1. The van der Waals surface area contributed by atoms with Crippen LogP contribution in [0.2, 0.25) is 0 Å². The summed E-state index contributed by atoms with van der Waals surface area (Å²) in [7, 11) is 1.70. The number of allylic oxidation sites excluding steroid dienone is 3. The molecule has 0 saturated carbocycles. The van der Waals surface area contributed by atoms with Crippen LogP contribution in [0.4, 0.5) is 0 Å². The molecule has 6 heteroatoms. The monoisotopic (exact) mass is 419 g/mol. The number of guanidine groups is 1. The Kier molecular flexibility index (Phi) is 7.49. The van der Waals surface area contributed by atoms with Gasteiger partial charge in [0, 0.05) is 7.05 Å². The van der Waals surface area contributed by atoms with Gasteiger partial charge in [-0.3, -0.25) is 4.79 Å². The van der Waals surface area contributed by atoms with Crippen molar-refractivity contribution < 1.29 is 14.4 Å². The third-order valence-corrected chi connectivity index (χ3v) is 5.10. The second-order valence-electron chi connectivity index (χ2n) is 7.14. The van der Waals surface area contributed by atoms with Crippen LogP contribution in [0.25, 0.3) is 5.57 Å². The molecular formula is C25H29N3O3. The molecule has 0 aliphatic heterocycles. The molecule has 2 N–H and O–H groups in total. The summed E-state index contributed by atoms with van der Waals surface area (Å²) < 4.78 is 5.88. The predicted octanol–water partition coefficient (Wildman–Crippen LogP) is 3.96. The van der Waals surface area contributed by atoms with E-state index in [-0.39, 0.29) is 17.7 Å². The standard InChI is InChI=1S/C25H29N3O3/c1-4-30-22-17-20(19-14-10-7-11-15-19)21(16-18-12-8-6-9-13-18)24(29)23(22)28(3)25(26)27-31-5-2/h6-15,17,21H,4-5,16H2,1-3H3,(H2,26,27). The fourth-order valence-electron chi connectivity index (χ4n) is 3.61. The summed E-state index contributed by atoms with van der Waals surface area (Å²) in [6.45, 7) is 4.51. The van der Waals surface area contributed by atoms with Gasteiger partial charge in [0.05, 0.1) is 12.5 Å². The zero-order valence-electron chi connectivity index (χ0n) is 18.2. The molecule has 0 saturated heterocycles. The summed E-state index contributed by atoms with van der Waals surface area (Å²) in [5.41, 5.74) is 9.47. The van der Waals surface area contributed by atoms with Crippen LogP contribution in [-0.4, -0.2) is 36.9 Å². The zero-order chi connectivity index (χ0) is 22.2. The lowest BCUT2D eigenvalue weighted by molar-refractivity contribution is -0.119. The molecule has 2 aromatic rings.